The van der Waals surface area contributed by atoms with Crippen LogP contribution in [0.4, 0.5) is 0 Å². The van der Waals surface area contributed by atoms with Crippen LogP contribution in [-0.2, 0) is 9.53 Å². The van der Waals surface area contributed by atoms with Crippen LogP contribution in [0.15, 0.2) is 0 Å². The van der Waals surface area contributed by atoms with E-state index in [0.717, 1.165) is 13.1 Å². The van der Waals surface area contributed by atoms with Crippen molar-refractivity contribution in [1.29, 1.82) is 0 Å². The van der Waals surface area contributed by atoms with E-state index in [4.69, 9.17) is 4.74 Å². The molecule has 1 atom stereocenters. The highest BCUT2D eigenvalue weighted by molar-refractivity contribution is 5.76. The molecule has 0 aliphatic heterocycles. The molecule has 0 rings (SSSR count). The first-order valence-corrected chi connectivity index (χ1v) is 5.81. The lowest BCUT2D eigenvalue weighted by Gasteiger charge is -2.18. The Bertz CT molecular complexity index is 184. The summed E-state index contributed by atoms with van der Waals surface area (Å²) in [6.45, 7) is 6.81. The van der Waals surface area contributed by atoms with Crippen LogP contribution in [0.3, 0.4) is 0 Å². The first-order chi connectivity index (χ1) is 7.65. The van der Waals surface area contributed by atoms with E-state index >= 15 is 0 Å². The second-order valence-electron chi connectivity index (χ2n) is 3.63. The fraction of sp³-hybridized carbons (Fsp3) is 0.909. The molecule has 0 aliphatic rings. The Morgan fingerprint density at radius 3 is 2.56 bits per heavy atom. The molecule has 5 nitrogen and oxygen atoms in total. The second-order valence-corrected chi connectivity index (χ2v) is 3.63. The van der Waals surface area contributed by atoms with Gasteiger partial charge >= 0.3 is 0 Å². The molecule has 0 fully saturated rings. The molecule has 0 aromatic carbocycles. The molecule has 0 saturated carbocycles. The van der Waals surface area contributed by atoms with Crippen molar-refractivity contribution in [1.82, 2.24) is 10.2 Å². The maximum atomic E-state index is 11.6. The lowest BCUT2D eigenvalue weighted by atomic mass is 10.3. The Kier molecular flexibility index (Phi) is 9.18. The van der Waals surface area contributed by atoms with Gasteiger partial charge in [0.1, 0.15) is 0 Å². The van der Waals surface area contributed by atoms with Gasteiger partial charge in [0.05, 0.1) is 12.7 Å². The number of hydrogen-bond acceptors (Lipinski definition) is 4. The molecule has 0 saturated heterocycles. The molecule has 96 valence electrons. The SMILES string of the molecule is CCN(CC)C(=O)CCNCC(O)COC. The third kappa shape index (κ3) is 6.76. The zero-order valence-corrected chi connectivity index (χ0v) is 10.5. The summed E-state index contributed by atoms with van der Waals surface area (Å²) in [5.41, 5.74) is 0. The fourth-order valence-electron chi connectivity index (χ4n) is 1.45. The van der Waals surface area contributed by atoms with E-state index in [-0.39, 0.29) is 5.91 Å². The molecule has 1 unspecified atom stereocenters. The zero-order chi connectivity index (χ0) is 12.4. The molecular weight excluding hydrogens is 208 g/mol. The van der Waals surface area contributed by atoms with Gasteiger partial charge in [-0.1, -0.05) is 0 Å². The molecular formula is C11H24N2O3. The lowest BCUT2D eigenvalue weighted by molar-refractivity contribution is -0.130. The minimum absolute atomic E-state index is 0.152. The van der Waals surface area contributed by atoms with Crippen molar-refractivity contribution in [3.05, 3.63) is 0 Å². The summed E-state index contributed by atoms with van der Waals surface area (Å²) < 4.78 is 4.79. The largest absolute Gasteiger partial charge is 0.389 e. The van der Waals surface area contributed by atoms with Crippen LogP contribution in [0.25, 0.3) is 0 Å². The van der Waals surface area contributed by atoms with Crippen LogP contribution in [0.5, 0.6) is 0 Å². The van der Waals surface area contributed by atoms with Crippen molar-refractivity contribution in [2.75, 3.05) is 39.9 Å². The Labute approximate surface area is 97.8 Å². The molecule has 0 spiro atoms. The van der Waals surface area contributed by atoms with Gasteiger partial charge in [-0.3, -0.25) is 4.79 Å². The zero-order valence-electron chi connectivity index (χ0n) is 10.5. The van der Waals surface area contributed by atoms with Gasteiger partial charge in [0.15, 0.2) is 0 Å². The van der Waals surface area contributed by atoms with E-state index in [1.807, 2.05) is 13.8 Å². The summed E-state index contributed by atoms with van der Waals surface area (Å²) in [5.74, 6) is 0.152. The third-order valence-electron chi connectivity index (χ3n) is 2.37. The number of aliphatic hydroxyl groups excluding tert-OH is 1. The quantitative estimate of drug-likeness (QED) is 0.542. The molecule has 0 radical (unpaired) electrons. The highest BCUT2D eigenvalue weighted by Crippen LogP contribution is 1.92. The van der Waals surface area contributed by atoms with Crippen molar-refractivity contribution in [3.8, 4) is 0 Å². The number of carbonyl (C=O) groups excluding carboxylic acids is 1. The van der Waals surface area contributed by atoms with Crippen LogP contribution in [-0.4, -0.2) is 61.9 Å². The van der Waals surface area contributed by atoms with Gasteiger partial charge in [0.25, 0.3) is 0 Å². The van der Waals surface area contributed by atoms with Crippen LogP contribution < -0.4 is 5.32 Å². The van der Waals surface area contributed by atoms with E-state index in [2.05, 4.69) is 5.32 Å². The van der Waals surface area contributed by atoms with Gasteiger partial charge in [-0.15, -0.1) is 0 Å². The normalized spacial score (nSPS) is 12.5. The summed E-state index contributed by atoms with van der Waals surface area (Å²) >= 11 is 0. The molecule has 0 aliphatic carbocycles. The van der Waals surface area contributed by atoms with E-state index in [0.29, 0.717) is 26.1 Å². The molecule has 0 aromatic heterocycles. The van der Waals surface area contributed by atoms with Crippen molar-refractivity contribution < 1.29 is 14.6 Å². The van der Waals surface area contributed by atoms with Crippen LogP contribution in [0.2, 0.25) is 0 Å². The van der Waals surface area contributed by atoms with Crippen LogP contribution >= 0.6 is 0 Å². The average molecular weight is 232 g/mol. The summed E-state index contributed by atoms with van der Waals surface area (Å²) in [6.07, 6.45) is -0.0324. The minimum Gasteiger partial charge on any atom is -0.389 e. The minimum atomic E-state index is -0.506. The number of methoxy groups -OCH3 is 1. The highest BCUT2D eigenvalue weighted by Gasteiger charge is 2.09. The Morgan fingerprint density at radius 2 is 2.06 bits per heavy atom. The number of nitrogens with zero attached hydrogens (tertiary/aromatic N) is 1. The number of amides is 1. The Hall–Kier alpha value is -0.650. The standard InChI is InChI=1S/C11H24N2O3/c1-4-13(5-2)11(15)6-7-12-8-10(14)9-16-3/h10,12,14H,4-9H2,1-3H3. The molecule has 5 heteroatoms. The summed E-state index contributed by atoms with van der Waals surface area (Å²) in [7, 11) is 1.55. The van der Waals surface area contributed by atoms with Crippen molar-refractivity contribution in [2.45, 2.75) is 26.4 Å². The average Bonchev–Trinajstić information content (AvgIpc) is 2.26. The van der Waals surface area contributed by atoms with Crippen molar-refractivity contribution >= 4 is 5.91 Å². The Morgan fingerprint density at radius 1 is 1.44 bits per heavy atom. The Balaban J connectivity index is 3.54. The van der Waals surface area contributed by atoms with Crippen LogP contribution in [0.1, 0.15) is 20.3 Å². The van der Waals surface area contributed by atoms with Crippen molar-refractivity contribution in [3.63, 3.8) is 0 Å². The monoisotopic (exact) mass is 232 g/mol. The van der Waals surface area contributed by atoms with Gasteiger partial charge in [0.2, 0.25) is 5.91 Å². The highest BCUT2D eigenvalue weighted by atomic mass is 16.5. The first-order valence-electron chi connectivity index (χ1n) is 5.81. The predicted molar refractivity (Wildman–Crippen MR) is 63.3 cm³/mol. The maximum absolute atomic E-state index is 11.6. The number of nitrogens with one attached hydrogen (secondary N) is 1. The number of rotatable bonds is 9. The number of hydrogen-bond donors (Lipinski definition) is 2. The van der Waals surface area contributed by atoms with E-state index in [1.165, 1.54) is 0 Å². The smallest absolute Gasteiger partial charge is 0.223 e. The van der Waals surface area contributed by atoms with E-state index < -0.39 is 6.10 Å². The second kappa shape index (κ2) is 9.57. The van der Waals surface area contributed by atoms with Gasteiger partial charge in [-0.05, 0) is 13.8 Å². The molecule has 0 bridgehead atoms. The molecule has 2 N–H and O–H groups in total. The van der Waals surface area contributed by atoms with Crippen molar-refractivity contribution in [2.24, 2.45) is 0 Å². The maximum Gasteiger partial charge on any atom is 0.223 e. The number of ether oxygens (including phenoxy) is 1. The van der Waals surface area contributed by atoms with Gasteiger partial charge in [0, 0.05) is 39.7 Å². The van der Waals surface area contributed by atoms with Gasteiger partial charge in [-0.2, -0.15) is 0 Å². The fourth-order valence-corrected chi connectivity index (χ4v) is 1.45. The molecule has 0 heterocycles. The number of aliphatic hydroxyl groups is 1. The lowest BCUT2D eigenvalue weighted by Crippen LogP contribution is -2.35. The summed E-state index contributed by atoms with van der Waals surface area (Å²) in [5, 5.41) is 12.4. The predicted octanol–water partition coefficient (Wildman–Crippen LogP) is -0.158. The molecule has 16 heavy (non-hydrogen) atoms. The van der Waals surface area contributed by atoms with E-state index in [1.54, 1.807) is 12.0 Å². The van der Waals surface area contributed by atoms with E-state index in [9.17, 15) is 9.90 Å². The number of carbonyl (C=O) groups is 1. The third-order valence-corrected chi connectivity index (χ3v) is 2.37. The first kappa shape index (κ1) is 15.3. The summed E-state index contributed by atoms with van der Waals surface area (Å²) in [6, 6.07) is 0. The molecule has 0 aromatic rings. The summed E-state index contributed by atoms with van der Waals surface area (Å²) in [4.78, 5) is 13.4. The topological polar surface area (TPSA) is 61.8 Å². The van der Waals surface area contributed by atoms with Crippen LogP contribution in [0, 0.1) is 0 Å². The van der Waals surface area contributed by atoms with Gasteiger partial charge < -0.3 is 20.1 Å². The van der Waals surface area contributed by atoms with Gasteiger partial charge in [-0.25, -0.2) is 0 Å². The molecule has 1 amide bonds.